The van der Waals surface area contributed by atoms with E-state index in [-0.39, 0.29) is 0 Å². The van der Waals surface area contributed by atoms with E-state index in [1.54, 1.807) is 5.57 Å². The van der Waals surface area contributed by atoms with Gasteiger partial charge in [0.05, 0.1) is 0 Å². The fourth-order valence-electron chi connectivity index (χ4n) is 3.33. The maximum atomic E-state index is 3.75. The maximum absolute atomic E-state index is 3.75. The molecule has 0 bridgehead atoms. The number of allylic oxidation sites excluding steroid dienone is 1. The normalized spacial score (nSPS) is 31.3. The van der Waals surface area contributed by atoms with Gasteiger partial charge in [-0.2, -0.15) is 0 Å². The summed E-state index contributed by atoms with van der Waals surface area (Å²) in [6, 6.07) is 0.731. The lowest BCUT2D eigenvalue weighted by Crippen LogP contribution is -2.34. The molecule has 2 rings (SSSR count). The molecule has 2 heteroatoms. The van der Waals surface area contributed by atoms with Crippen LogP contribution in [-0.2, 0) is 0 Å². The number of fused-ring (bicyclic) bond motifs is 1. The zero-order valence-electron chi connectivity index (χ0n) is 11.6. The van der Waals surface area contributed by atoms with Crippen LogP contribution >= 0.6 is 0 Å². The highest BCUT2D eigenvalue weighted by atomic mass is 14.9. The van der Waals surface area contributed by atoms with Crippen molar-refractivity contribution in [1.29, 1.82) is 0 Å². The number of rotatable bonds is 7. The summed E-state index contributed by atoms with van der Waals surface area (Å²) in [4.78, 5) is 0. The van der Waals surface area contributed by atoms with Gasteiger partial charge in [0.1, 0.15) is 0 Å². The Morgan fingerprint density at radius 3 is 2.76 bits per heavy atom. The van der Waals surface area contributed by atoms with Crippen LogP contribution in [0, 0.1) is 17.8 Å². The van der Waals surface area contributed by atoms with E-state index in [9.17, 15) is 0 Å². The van der Waals surface area contributed by atoms with Crippen molar-refractivity contribution in [2.75, 3.05) is 20.1 Å². The minimum Gasteiger partial charge on any atom is -0.316 e. The molecule has 98 valence electrons. The van der Waals surface area contributed by atoms with Crippen LogP contribution in [0.2, 0.25) is 0 Å². The summed E-state index contributed by atoms with van der Waals surface area (Å²) in [5.74, 6) is 2.82. The Kier molecular flexibility index (Phi) is 4.63. The van der Waals surface area contributed by atoms with Gasteiger partial charge in [-0.3, -0.25) is 0 Å². The molecule has 0 amide bonds. The molecule has 0 saturated heterocycles. The number of nitrogens with one attached hydrogen (secondary N) is 2. The Balaban J connectivity index is 1.78. The Hall–Kier alpha value is -0.340. The average molecular weight is 236 g/mol. The number of likely N-dealkylation sites (N-methyl/N-ethyl adjacent to an activating group) is 1. The molecular weight excluding hydrogens is 208 g/mol. The van der Waals surface area contributed by atoms with Gasteiger partial charge in [-0.15, -0.1) is 0 Å². The fourth-order valence-corrected chi connectivity index (χ4v) is 3.33. The summed E-state index contributed by atoms with van der Waals surface area (Å²) in [7, 11) is 2.05. The first-order valence-corrected chi connectivity index (χ1v) is 7.37. The van der Waals surface area contributed by atoms with E-state index < -0.39 is 0 Å². The van der Waals surface area contributed by atoms with Crippen LogP contribution in [0.1, 0.15) is 39.5 Å². The van der Waals surface area contributed by atoms with Crippen LogP contribution in [0.15, 0.2) is 11.6 Å². The lowest BCUT2D eigenvalue weighted by atomic mass is 9.89. The van der Waals surface area contributed by atoms with Crippen LogP contribution in [0.5, 0.6) is 0 Å². The molecule has 0 radical (unpaired) electrons. The Labute approximate surface area is 106 Å². The maximum Gasteiger partial charge on any atom is 0.0164 e. The highest BCUT2D eigenvalue weighted by molar-refractivity contribution is 5.22. The number of hydrogen-bond acceptors (Lipinski definition) is 2. The monoisotopic (exact) mass is 236 g/mol. The van der Waals surface area contributed by atoms with Crippen molar-refractivity contribution in [3.63, 3.8) is 0 Å². The summed E-state index contributed by atoms with van der Waals surface area (Å²) in [6.45, 7) is 6.91. The molecule has 0 aliphatic heterocycles. The molecule has 1 saturated carbocycles. The zero-order chi connectivity index (χ0) is 12.3. The van der Waals surface area contributed by atoms with Crippen LogP contribution < -0.4 is 10.6 Å². The van der Waals surface area contributed by atoms with Gasteiger partial charge in [-0.05, 0) is 57.0 Å². The van der Waals surface area contributed by atoms with Gasteiger partial charge in [-0.1, -0.05) is 25.5 Å². The van der Waals surface area contributed by atoms with Crippen molar-refractivity contribution in [3.8, 4) is 0 Å². The minimum atomic E-state index is 0.731. The summed E-state index contributed by atoms with van der Waals surface area (Å²) in [5.41, 5.74) is 1.68. The van der Waals surface area contributed by atoms with Crippen molar-refractivity contribution in [1.82, 2.24) is 10.6 Å². The van der Waals surface area contributed by atoms with Gasteiger partial charge >= 0.3 is 0 Å². The Bertz CT molecular complexity index is 268. The van der Waals surface area contributed by atoms with Crippen molar-refractivity contribution in [2.24, 2.45) is 17.8 Å². The Morgan fingerprint density at radius 2 is 2.12 bits per heavy atom. The third kappa shape index (κ3) is 3.11. The highest BCUT2D eigenvalue weighted by Crippen LogP contribution is 2.52. The van der Waals surface area contributed by atoms with Gasteiger partial charge in [-0.25, -0.2) is 0 Å². The topological polar surface area (TPSA) is 24.1 Å². The molecule has 2 aliphatic rings. The van der Waals surface area contributed by atoms with E-state index in [0.717, 1.165) is 30.3 Å². The molecule has 1 fully saturated rings. The van der Waals surface area contributed by atoms with Crippen molar-refractivity contribution >= 4 is 0 Å². The van der Waals surface area contributed by atoms with E-state index in [1.807, 2.05) is 0 Å². The SMILES string of the molecule is CCC(CC)NC[C@@H]1CC=C(CNC)[C@H]2C[C@@H]12. The zero-order valence-corrected chi connectivity index (χ0v) is 11.6. The van der Waals surface area contributed by atoms with E-state index in [2.05, 4.69) is 37.6 Å². The molecule has 0 unspecified atom stereocenters. The molecule has 0 aromatic carbocycles. The minimum absolute atomic E-state index is 0.731. The molecule has 0 aromatic rings. The second-order valence-electron chi connectivity index (χ2n) is 5.73. The van der Waals surface area contributed by atoms with Gasteiger partial charge in [0.25, 0.3) is 0 Å². The standard InChI is InChI=1S/C15H28N2/c1-4-13(5-2)17-10-12-7-6-11(9-16-3)14-8-15(12)14/h6,12-17H,4-5,7-10H2,1-3H3/t12-,14+,15-/m0/s1. The second kappa shape index (κ2) is 6.01. The molecule has 2 aliphatic carbocycles. The summed E-state index contributed by atoms with van der Waals surface area (Å²) < 4.78 is 0. The van der Waals surface area contributed by atoms with Crippen LogP contribution in [0.25, 0.3) is 0 Å². The van der Waals surface area contributed by atoms with E-state index in [0.29, 0.717) is 0 Å². The van der Waals surface area contributed by atoms with Crippen LogP contribution in [0.3, 0.4) is 0 Å². The van der Waals surface area contributed by atoms with Crippen LogP contribution in [-0.4, -0.2) is 26.2 Å². The molecule has 0 aromatic heterocycles. The summed E-state index contributed by atoms with van der Waals surface area (Å²) >= 11 is 0. The first-order chi connectivity index (χ1) is 8.30. The smallest absolute Gasteiger partial charge is 0.0164 e. The van der Waals surface area contributed by atoms with Gasteiger partial charge in [0.2, 0.25) is 0 Å². The summed E-state index contributed by atoms with van der Waals surface area (Å²) in [6.07, 6.45) is 7.77. The predicted octanol–water partition coefficient (Wildman–Crippen LogP) is 2.57. The number of hydrogen-bond donors (Lipinski definition) is 2. The van der Waals surface area contributed by atoms with Gasteiger partial charge < -0.3 is 10.6 Å². The van der Waals surface area contributed by atoms with E-state index in [4.69, 9.17) is 0 Å². The highest BCUT2D eigenvalue weighted by Gasteiger charge is 2.46. The fraction of sp³-hybridized carbons (Fsp3) is 0.867. The lowest BCUT2D eigenvalue weighted by Gasteiger charge is -2.24. The van der Waals surface area contributed by atoms with E-state index >= 15 is 0 Å². The van der Waals surface area contributed by atoms with Crippen molar-refractivity contribution < 1.29 is 0 Å². The second-order valence-corrected chi connectivity index (χ2v) is 5.73. The predicted molar refractivity (Wildman–Crippen MR) is 74.1 cm³/mol. The van der Waals surface area contributed by atoms with Crippen molar-refractivity contribution in [2.45, 2.75) is 45.6 Å². The first-order valence-electron chi connectivity index (χ1n) is 7.37. The average Bonchev–Trinajstić information content (AvgIpc) is 3.13. The molecular formula is C15H28N2. The van der Waals surface area contributed by atoms with Gasteiger partial charge in [0, 0.05) is 12.6 Å². The molecule has 17 heavy (non-hydrogen) atoms. The third-order valence-electron chi connectivity index (χ3n) is 4.64. The Morgan fingerprint density at radius 1 is 1.35 bits per heavy atom. The molecule has 3 atom stereocenters. The molecule has 2 N–H and O–H groups in total. The lowest BCUT2D eigenvalue weighted by molar-refractivity contribution is 0.364. The molecule has 0 heterocycles. The first kappa shape index (κ1) is 13.1. The molecule has 2 nitrogen and oxygen atoms in total. The van der Waals surface area contributed by atoms with Crippen molar-refractivity contribution in [3.05, 3.63) is 11.6 Å². The van der Waals surface area contributed by atoms with E-state index in [1.165, 1.54) is 32.2 Å². The molecule has 0 spiro atoms. The largest absolute Gasteiger partial charge is 0.316 e. The third-order valence-corrected chi connectivity index (χ3v) is 4.64. The summed E-state index contributed by atoms with van der Waals surface area (Å²) in [5, 5.41) is 7.04. The quantitative estimate of drug-likeness (QED) is 0.664. The van der Waals surface area contributed by atoms with Gasteiger partial charge in [0.15, 0.2) is 0 Å². The van der Waals surface area contributed by atoms with Crippen LogP contribution in [0.4, 0.5) is 0 Å².